The van der Waals surface area contributed by atoms with Gasteiger partial charge in [0.05, 0.1) is 12.1 Å². The molecular formula is C9H8N2O2. The molecule has 0 aliphatic carbocycles. The molecule has 0 saturated heterocycles. The summed E-state index contributed by atoms with van der Waals surface area (Å²) in [6, 6.07) is 1.71. The number of fused-ring (bicyclic) bond motifs is 1. The van der Waals surface area contributed by atoms with E-state index in [1.54, 1.807) is 18.5 Å². The molecule has 0 fully saturated rings. The first kappa shape index (κ1) is 7.94. The van der Waals surface area contributed by atoms with E-state index < -0.39 is 0 Å². The molecule has 0 radical (unpaired) electrons. The van der Waals surface area contributed by atoms with E-state index in [0.717, 1.165) is 5.39 Å². The van der Waals surface area contributed by atoms with E-state index in [9.17, 15) is 4.79 Å². The number of pyridine rings is 1. The maximum absolute atomic E-state index is 11.3. The largest absolute Gasteiger partial charge is 0.463 e. The molecule has 66 valence electrons. The second-order valence-electron chi connectivity index (χ2n) is 2.65. The van der Waals surface area contributed by atoms with Gasteiger partial charge in [-0.05, 0) is 6.07 Å². The minimum absolute atomic E-state index is 0.0104. The van der Waals surface area contributed by atoms with Gasteiger partial charge in [0.25, 0.3) is 0 Å². The number of carbonyl (C=O) groups is 1. The number of hydrogen-bond donors (Lipinski definition) is 1. The lowest BCUT2D eigenvalue weighted by Crippen LogP contribution is -2.12. The molecule has 0 aliphatic heterocycles. The van der Waals surface area contributed by atoms with Crippen molar-refractivity contribution in [3.8, 4) is 0 Å². The fourth-order valence-corrected chi connectivity index (χ4v) is 1.20. The van der Waals surface area contributed by atoms with E-state index >= 15 is 0 Å². The summed E-state index contributed by atoms with van der Waals surface area (Å²) in [5.74, 6) is -0.133. The molecule has 0 aromatic carbocycles. The molecule has 0 amide bonds. The Kier molecular flexibility index (Phi) is 1.83. The topological polar surface area (TPSA) is 69.1 Å². The summed E-state index contributed by atoms with van der Waals surface area (Å²) in [6.45, 7) is -0.0104. The normalized spacial score (nSPS) is 10.5. The number of Topliss-reactive ketones (excluding diaryl/α,β-unsaturated/α-hetero) is 1. The van der Waals surface area contributed by atoms with Gasteiger partial charge in [0.1, 0.15) is 11.8 Å². The van der Waals surface area contributed by atoms with Crippen molar-refractivity contribution in [3.05, 3.63) is 30.3 Å². The number of nitrogens with two attached hydrogens (primary N) is 1. The van der Waals surface area contributed by atoms with Crippen LogP contribution in [0.25, 0.3) is 11.0 Å². The van der Waals surface area contributed by atoms with Crippen molar-refractivity contribution in [2.75, 3.05) is 6.54 Å². The van der Waals surface area contributed by atoms with Crippen LogP contribution in [0.4, 0.5) is 0 Å². The SMILES string of the molecule is NCC(=O)c1coc2ccncc12. The van der Waals surface area contributed by atoms with Crippen LogP contribution in [0.1, 0.15) is 10.4 Å². The lowest BCUT2D eigenvalue weighted by Gasteiger charge is -1.91. The Morgan fingerprint density at radius 1 is 1.62 bits per heavy atom. The van der Waals surface area contributed by atoms with Crippen molar-refractivity contribution >= 4 is 16.8 Å². The molecule has 0 unspecified atom stereocenters. The second-order valence-corrected chi connectivity index (χ2v) is 2.65. The van der Waals surface area contributed by atoms with Crippen LogP contribution in [0.5, 0.6) is 0 Å². The first-order valence-electron chi connectivity index (χ1n) is 3.87. The lowest BCUT2D eigenvalue weighted by molar-refractivity contribution is 0.100. The van der Waals surface area contributed by atoms with Crippen LogP contribution < -0.4 is 5.73 Å². The van der Waals surface area contributed by atoms with Crippen LogP contribution in [-0.4, -0.2) is 17.3 Å². The van der Waals surface area contributed by atoms with Crippen molar-refractivity contribution in [2.24, 2.45) is 5.73 Å². The van der Waals surface area contributed by atoms with Crippen molar-refractivity contribution in [1.82, 2.24) is 4.98 Å². The zero-order chi connectivity index (χ0) is 9.26. The Hall–Kier alpha value is -1.68. The lowest BCUT2D eigenvalue weighted by atomic mass is 10.1. The highest BCUT2D eigenvalue weighted by atomic mass is 16.3. The highest BCUT2D eigenvalue weighted by Gasteiger charge is 2.11. The number of ketones is 1. The van der Waals surface area contributed by atoms with Crippen LogP contribution in [0, 0.1) is 0 Å². The van der Waals surface area contributed by atoms with E-state index in [-0.39, 0.29) is 12.3 Å². The first-order chi connectivity index (χ1) is 6.33. The molecule has 2 N–H and O–H groups in total. The van der Waals surface area contributed by atoms with Crippen LogP contribution in [0.2, 0.25) is 0 Å². The van der Waals surface area contributed by atoms with Gasteiger partial charge < -0.3 is 10.2 Å². The van der Waals surface area contributed by atoms with Gasteiger partial charge in [-0.25, -0.2) is 0 Å². The van der Waals surface area contributed by atoms with Crippen LogP contribution in [-0.2, 0) is 0 Å². The smallest absolute Gasteiger partial charge is 0.180 e. The zero-order valence-corrected chi connectivity index (χ0v) is 6.86. The highest BCUT2D eigenvalue weighted by molar-refractivity contribution is 6.07. The van der Waals surface area contributed by atoms with E-state index in [1.807, 2.05) is 0 Å². The minimum atomic E-state index is -0.133. The van der Waals surface area contributed by atoms with Crippen molar-refractivity contribution in [3.63, 3.8) is 0 Å². The van der Waals surface area contributed by atoms with Gasteiger partial charge in [-0.3, -0.25) is 9.78 Å². The quantitative estimate of drug-likeness (QED) is 0.692. The van der Waals surface area contributed by atoms with Crippen LogP contribution in [0.3, 0.4) is 0 Å². The second kappa shape index (κ2) is 2.99. The Morgan fingerprint density at radius 3 is 3.23 bits per heavy atom. The third-order valence-corrected chi connectivity index (χ3v) is 1.86. The monoisotopic (exact) mass is 176 g/mol. The Morgan fingerprint density at radius 2 is 2.46 bits per heavy atom. The average molecular weight is 176 g/mol. The molecule has 4 heteroatoms. The molecule has 0 atom stereocenters. The predicted octanol–water partition coefficient (Wildman–Crippen LogP) is 0.969. The zero-order valence-electron chi connectivity index (χ0n) is 6.86. The van der Waals surface area contributed by atoms with Gasteiger partial charge in [0.2, 0.25) is 0 Å². The molecule has 13 heavy (non-hydrogen) atoms. The summed E-state index contributed by atoms with van der Waals surface area (Å²) in [4.78, 5) is 15.2. The van der Waals surface area contributed by atoms with E-state index in [1.165, 1.54) is 6.26 Å². The van der Waals surface area contributed by atoms with Crippen molar-refractivity contribution in [1.29, 1.82) is 0 Å². The number of furan rings is 1. The molecule has 0 saturated carbocycles. The molecule has 0 aliphatic rings. The van der Waals surface area contributed by atoms with Crippen molar-refractivity contribution < 1.29 is 9.21 Å². The van der Waals surface area contributed by atoms with Crippen LogP contribution >= 0.6 is 0 Å². The van der Waals surface area contributed by atoms with Gasteiger partial charge in [-0.15, -0.1) is 0 Å². The van der Waals surface area contributed by atoms with E-state index in [2.05, 4.69) is 4.98 Å². The number of carbonyl (C=O) groups excluding carboxylic acids is 1. The molecule has 2 rings (SSSR count). The molecule has 0 spiro atoms. The van der Waals surface area contributed by atoms with E-state index in [0.29, 0.717) is 11.1 Å². The fraction of sp³-hybridized carbons (Fsp3) is 0.111. The summed E-state index contributed by atoms with van der Waals surface area (Å²) in [5.41, 5.74) is 6.41. The Balaban J connectivity index is 2.64. The maximum atomic E-state index is 11.3. The highest BCUT2D eigenvalue weighted by Crippen LogP contribution is 2.19. The number of aromatic nitrogens is 1. The molecule has 2 aromatic rings. The fourth-order valence-electron chi connectivity index (χ4n) is 1.20. The first-order valence-corrected chi connectivity index (χ1v) is 3.87. The minimum Gasteiger partial charge on any atom is -0.463 e. The van der Waals surface area contributed by atoms with Gasteiger partial charge in [0.15, 0.2) is 5.78 Å². The Bertz CT molecular complexity index is 448. The molecule has 0 bridgehead atoms. The third kappa shape index (κ3) is 1.21. The van der Waals surface area contributed by atoms with Gasteiger partial charge in [0, 0.05) is 17.8 Å². The number of rotatable bonds is 2. The summed E-state index contributed by atoms with van der Waals surface area (Å²) >= 11 is 0. The third-order valence-electron chi connectivity index (χ3n) is 1.86. The summed E-state index contributed by atoms with van der Waals surface area (Å²) in [7, 11) is 0. The van der Waals surface area contributed by atoms with E-state index in [4.69, 9.17) is 10.2 Å². The Labute approximate surface area is 74.4 Å². The molecule has 2 aromatic heterocycles. The van der Waals surface area contributed by atoms with Gasteiger partial charge in [-0.2, -0.15) is 0 Å². The molecule has 2 heterocycles. The standard InChI is InChI=1S/C9H8N2O2/c10-3-8(12)7-5-13-9-1-2-11-4-6(7)9/h1-2,4-5H,3,10H2. The molecular weight excluding hydrogens is 168 g/mol. The van der Waals surface area contributed by atoms with Gasteiger partial charge in [-0.1, -0.05) is 0 Å². The van der Waals surface area contributed by atoms with Gasteiger partial charge >= 0.3 is 0 Å². The predicted molar refractivity (Wildman–Crippen MR) is 47.4 cm³/mol. The summed E-state index contributed by atoms with van der Waals surface area (Å²) < 4.78 is 5.16. The maximum Gasteiger partial charge on any atom is 0.180 e. The average Bonchev–Trinajstić information content (AvgIpc) is 2.60. The number of hydrogen-bond acceptors (Lipinski definition) is 4. The number of nitrogens with zero attached hydrogens (tertiary/aromatic N) is 1. The molecule has 4 nitrogen and oxygen atoms in total. The van der Waals surface area contributed by atoms with Crippen LogP contribution in [0.15, 0.2) is 29.1 Å². The summed E-state index contributed by atoms with van der Waals surface area (Å²) in [6.07, 6.45) is 4.63. The van der Waals surface area contributed by atoms with Crippen molar-refractivity contribution in [2.45, 2.75) is 0 Å². The summed E-state index contributed by atoms with van der Waals surface area (Å²) in [5, 5.41) is 0.720.